The van der Waals surface area contributed by atoms with Crippen molar-refractivity contribution in [3.63, 3.8) is 0 Å². The molecule has 0 atom stereocenters. The molecule has 72 valence electrons. The molecule has 0 unspecified atom stereocenters. The second-order valence-electron chi connectivity index (χ2n) is 3.20. The maximum atomic E-state index is 5.91. The van der Waals surface area contributed by atoms with Crippen molar-refractivity contribution in [1.29, 1.82) is 0 Å². The lowest BCUT2D eigenvalue weighted by atomic mass is 10.1. The van der Waals surface area contributed by atoms with Gasteiger partial charge < -0.3 is 0 Å². The second-order valence-corrected chi connectivity index (χ2v) is 3.64. The summed E-state index contributed by atoms with van der Waals surface area (Å²) in [5.74, 6) is 0.715. The number of aryl methyl sites for hydroxylation is 2. The maximum Gasteiger partial charge on any atom is 0.181 e. The largest absolute Gasteiger partial charge is 0.255 e. The molecule has 1 heterocycles. The Morgan fingerprint density at radius 2 is 2.14 bits per heavy atom. The fourth-order valence-electron chi connectivity index (χ4n) is 1.30. The van der Waals surface area contributed by atoms with Crippen LogP contribution in [0.2, 0.25) is 5.02 Å². The number of rotatable bonds is 1. The molecule has 2 rings (SSSR count). The van der Waals surface area contributed by atoms with E-state index in [0.717, 1.165) is 11.1 Å². The van der Waals surface area contributed by atoms with E-state index < -0.39 is 0 Å². The van der Waals surface area contributed by atoms with E-state index >= 15 is 0 Å². The van der Waals surface area contributed by atoms with E-state index in [4.69, 9.17) is 11.6 Å². The van der Waals surface area contributed by atoms with Crippen LogP contribution in [-0.4, -0.2) is 14.8 Å². The Labute approximate surface area is 87.3 Å². The summed E-state index contributed by atoms with van der Waals surface area (Å²) in [5, 5.41) is 4.94. The summed E-state index contributed by atoms with van der Waals surface area (Å²) in [5.41, 5.74) is 2.11. The zero-order valence-corrected chi connectivity index (χ0v) is 8.78. The van der Waals surface area contributed by atoms with Crippen molar-refractivity contribution in [2.45, 2.75) is 6.92 Å². The zero-order chi connectivity index (χ0) is 10.1. The van der Waals surface area contributed by atoms with Crippen molar-refractivity contribution in [3.05, 3.63) is 35.1 Å². The average molecular weight is 208 g/mol. The maximum absolute atomic E-state index is 5.91. The number of aromatic nitrogens is 3. The molecule has 0 fully saturated rings. The summed E-state index contributed by atoms with van der Waals surface area (Å²) in [7, 11) is 1.84. The van der Waals surface area contributed by atoms with Crippen LogP contribution in [0.4, 0.5) is 0 Å². The number of halogens is 1. The van der Waals surface area contributed by atoms with Crippen LogP contribution in [0.15, 0.2) is 24.5 Å². The molecule has 0 aliphatic heterocycles. The minimum Gasteiger partial charge on any atom is -0.255 e. The van der Waals surface area contributed by atoms with E-state index in [2.05, 4.69) is 10.1 Å². The van der Waals surface area contributed by atoms with Crippen molar-refractivity contribution in [2.24, 2.45) is 7.05 Å². The Morgan fingerprint density at radius 3 is 2.79 bits per heavy atom. The Hall–Kier alpha value is -1.35. The molecule has 0 bridgehead atoms. The molecule has 0 radical (unpaired) electrons. The molecule has 2 aromatic rings. The number of benzene rings is 1. The third-order valence-electron chi connectivity index (χ3n) is 2.04. The molecule has 4 heteroatoms. The monoisotopic (exact) mass is 207 g/mol. The predicted octanol–water partition coefficient (Wildman–Crippen LogP) is 2.44. The first-order valence-electron chi connectivity index (χ1n) is 4.29. The van der Waals surface area contributed by atoms with E-state index in [1.807, 2.05) is 32.2 Å². The molecule has 0 saturated heterocycles. The van der Waals surface area contributed by atoms with Gasteiger partial charge in [-0.3, -0.25) is 4.68 Å². The summed E-state index contributed by atoms with van der Waals surface area (Å²) in [6, 6.07) is 5.71. The highest BCUT2D eigenvalue weighted by molar-refractivity contribution is 6.30. The van der Waals surface area contributed by atoms with E-state index in [9.17, 15) is 0 Å². The van der Waals surface area contributed by atoms with Gasteiger partial charge >= 0.3 is 0 Å². The topological polar surface area (TPSA) is 30.7 Å². The molecule has 0 amide bonds. The van der Waals surface area contributed by atoms with Crippen molar-refractivity contribution < 1.29 is 0 Å². The molecular weight excluding hydrogens is 198 g/mol. The lowest BCUT2D eigenvalue weighted by Crippen LogP contribution is -1.89. The van der Waals surface area contributed by atoms with Crippen molar-refractivity contribution in [1.82, 2.24) is 14.8 Å². The summed E-state index contributed by atoms with van der Waals surface area (Å²) in [6.07, 6.45) is 1.68. The minimum atomic E-state index is 0.707. The van der Waals surface area contributed by atoms with Gasteiger partial charge in [0.15, 0.2) is 5.82 Å². The van der Waals surface area contributed by atoms with Gasteiger partial charge in [0, 0.05) is 17.6 Å². The van der Waals surface area contributed by atoms with Crippen LogP contribution in [0, 0.1) is 6.92 Å². The second kappa shape index (κ2) is 3.42. The van der Waals surface area contributed by atoms with E-state index in [-0.39, 0.29) is 0 Å². The van der Waals surface area contributed by atoms with E-state index in [0.29, 0.717) is 10.8 Å². The molecule has 14 heavy (non-hydrogen) atoms. The molecule has 0 N–H and O–H groups in total. The fraction of sp³-hybridized carbons (Fsp3) is 0.200. The number of hydrogen-bond donors (Lipinski definition) is 0. The van der Waals surface area contributed by atoms with Gasteiger partial charge in [0.05, 0.1) is 0 Å². The Morgan fingerprint density at radius 1 is 1.36 bits per heavy atom. The van der Waals surface area contributed by atoms with Crippen LogP contribution in [0.1, 0.15) is 5.56 Å². The lowest BCUT2D eigenvalue weighted by Gasteiger charge is -2.01. The number of hydrogen-bond acceptors (Lipinski definition) is 2. The molecule has 0 saturated carbocycles. The lowest BCUT2D eigenvalue weighted by molar-refractivity contribution is 0.768. The molecule has 0 spiro atoms. The van der Waals surface area contributed by atoms with Crippen LogP contribution in [0.3, 0.4) is 0 Å². The summed E-state index contributed by atoms with van der Waals surface area (Å²) in [4.78, 5) is 4.18. The summed E-state index contributed by atoms with van der Waals surface area (Å²) in [6.45, 7) is 2.02. The molecule has 0 aliphatic rings. The van der Waals surface area contributed by atoms with Crippen LogP contribution in [0.25, 0.3) is 11.4 Å². The van der Waals surface area contributed by atoms with Crippen molar-refractivity contribution >= 4 is 11.6 Å². The fourth-order valence-corrected chi connectivity index (χ4v) is 1.47. The first-order valence-corrected chi connectivity index (χ1v) is 4.67. The SMILES string of the molecule is Cc1ccc(Cl)cc1-c1ncn(C)n1. The minimum absolute atomic E-state index is 0.707. The van der Waals surface area contributed by atoms with Gasteiger partial charge in [0.2, 0.25) is 0 Å². The van der Waals surface area contributed by atoms with Crippen LogP contribution >= 0.6 is 11.6 Å². The molecular formula is C10H10ClN3. The smallest absolute Gasteiger partial charge is 0.181 e. The third kappa shape index (κ3) is 1.63. The first kappa shape index (κ1) is 9.21. The highest BCUT2D eigenvalue weighted by Crippen LogP contribution is 2.23. The standard InChI is InChI=1S/C10H10ClN3/c1-7-3-4-8(11)5-9(7)10-12-6-14(2)13-10/h3-6H,1-2H3. The van der Waals surface area contributed by atoms with Gasteiger partial charge in [-0.25, -0.2) is 4.98 Å². The Kier molecular flexibility index (Phi) is 2.25. The van der Waals surface area contributed by atoms with Crippen LogP contribution in [0.5, 0.6) is 0 Å². The first-order chi connectivity index (χ1) is 6.66. The molecule has 0 aliphatic carbocycles. The average Bonchev–Trinajstić information content (AvgIpc) is 2.56. The highest BCUT2D eigenvalue weighted by atomic mass is 35.5. The van der Waals surface area contributed by atoms with Gasteiger partial charge in [-0.15, -0.1) is 0 Å². The van der Waals surface area contributed by atoms with Crippen molar-refractivity contribution in [2.75, 3.05) is 0 Å². The molecule has 3 nitrogen and oxygen atoms in total. The van der Waals surface area contributed by atoms with Gasteiger partial charge in [-0.1, -0.05) is 17.7 Å². The molecule has 1 aromatic heterocycles. The van der Waals surface area contributed by atoms with Gasteiger partial charge in [-0.05, 0) is 24.6 Å². The third-order valence-corrected chi connectivity index (χ3v) is 2.28. The van der Waals surface area contributed by atoms with Gasteiger partial charge in [0.1, 0.15) is 6.33 Å². The Bertz CT molecular complexity index is 462. The van der Waals surface area contributed by atoms with E-state index in [1.165, 1.54) is 0 Å². The Balaban J connectivity index is 2.55. The van der Waals surface area contributed by atoms with Crippen molar-refractivity contribution in [3.8, 4) is 11.4 Å². The van der Waals surface area contributed by atoms with Crippen LogP contribution in [-0.2, 0) is 7.05 Å². The normalized spacial score (nSPS) is 10.5. The zero-order valence-electron chi connectivity index (χ0n) is 8.03. The summed E-state index contributed by atoms with van der Waals surface area (Å²) < 4.78 is 1.68. The predicted molar refractivity (Wildman–Crippen MR) is 56.2 cm³/mol. The molecule has 1 aromatic carbocycles. The summed E-state index contributed by atoms with van der Waals surface area (Å²) >= 11 is 5.91. The quantitative estimate of drug-likeness (QED) is 0.719. The van der Waals surface area contributed by atoms with Crippen LogP contribution < -0.4 is 0 Å². The van der Waals surface area contributed by atoms with E-state index in [1.54, 1.807) is 11.0 Å². The van der Waals surface area contributed by atoms with Gasteiger partial charge in [0.25, 0.3) is 0 Å². The number of nitrogens with zero attached hydrogens (tertiary/aromatic N) is 3. The van der Waals surface area contributed by atoms with Gasteiger partial charge in [-0.2, -0.15) is 5.10 Å². The highest BCUT2D eigenvalue weighted by Gasteiger charge is 2.06.